The predicted molar refractivity (Wildman–Crippen MR) is 44.2 cm³/mol. The number of hydrogen-bond donors (Lipinski definition) is 1. The third-order valence-corrected chi connectivity index (χ3v) is 4.34. The normalized spacial score (nSPS) is 61.1. The highest BCUT2D eigenvalue weighted by atomic mass is 15.3. The Morgan fingerprint density at radius 2 is 2.36 bits per heavy atom. The first-order valence-corrected chi connectivity index (χ1v) is 4.70. The molecule has 2 N–H and O–H groups in total. The molecule has 0 radical (unpaired) electrons. The smallest absolute Gasteiger partial charge is 0.0315 e. The largest absolute Gasteiger partial charge is 0.326 e. The molecule has 0 aromatic heterocycles. The van der Waals surface area contributed by atoms with Crippen LogP contribution in [-0.2, 0) is 0 Å². The molecule has 0 aromatic rings. The molecule has 0 bridgehead atoms. The zero-order chi connectivity index (χ0) is 7.64. The average Bonchev–Trinajstić information content (AvgIpc) is 2.04. The molecule has 2 nitrogen and oxygen atoms in total. The van der Waals surface area contributed by atoms with Crippen LogP contribution in [0.1, 0.15) is 19.3 Å². The maximum atomic E-state index is 6.08. The minimum absolute atomic E-state index is 0.487. The van der Waals surface area contributed by atoms with E-state index in [1.807, 2.05) is 0 Å². The van der Waals surface area contributed by atoms with Crippen LogP contribution in [0.4, 0.5) is 0 Å². The number of rotatable bonds is 0. The van der Waals surface area contributed by atoms with Crippen LogP contribution in [-0.4, -0.2) is 30.6 Å². The predicted octanol–water partition coefficient (Wildman–Crippen LogP) is 0.428. The summed E-state index contributed by atoms with van der Waals surface area (Å²) in [5, 5.41) is 0. The van der Waals surface area contributed by atoms with E-state index in [9.17, 15) is 0 Å². The van der Waals surface area contributed by atoms with Gasteiger partial charge < -0.3 is 10.6 Å². The van der Waals surface area contributed by atoms with Crippen LogP contribution < -0.4 is 5.73 Å². The molecule has 3 aliphatic rings. The fourth-order valence-corrected chi connectivity index (χ4v) is 3.86. The fraction of sp³-hybridized carbons (Fsp3) is 1.00. The molecule has 3 fully saturated rings. The van der Waals surface area contributed by atoms with E-state index in [1.165, 1.54) is 25.8 Å². The zero-order valence-corrected chi connectivity index (χ0v) is 7.09. The van der Waals surface area contributed by atoms with Crippen molar-refractivity contribution in [1.82, 2.24) is 4.90 Å². The highest BCUT2D eigenvalue weighted by Crippen LogP contribution is 2.63. The van der Waals surface area contributed by atoms with Crippen molar-refractivity contribution in [3.8, 4) is 0 Å². The van der Waals surface area contributed by atoms with Gasteiger partial charge in [0.15, 0.2) is 0 Å². The van der Waals surface area contributed by atoms with Gasteiger partial charge in [-0.05, 0) is 32.2 Å². The molecule has 1 aliphatic heterocycles. The summed E-state index contributed by atoms with van der Waals surface area (Å²) in [4.78, 5) is 2.45. The lowest BCUT2D eigenvalue weighted by molar-refractivity contribution is -0.121. The van der Waals surface area contributed by atoms with Gasteiger partial charge in [0, 0.05) is 24.0 Å². The van der Waals surface area contributed by atoms with Crippen molar-refractivity contribution in [3.63, 3.8) is 0 Å². The van der Waals surface area contributed by atoms with Crippen molar-refractivity contribution in [3.05, 3.63) is 0 Å². The zero-order valence-electron chi connectivity index (χ0n) is 7.09. The van der Waals surface area contributed by atoms with Crippen molar-refractivity contribution in [2.45, 2.75) is 31.3 Å². The summed E-state index contributed by atoms with van der Waals surface area (Å²) in [7, 11) is 2.22. The molecule has 1 saturated heterocycles. The second kappa shape index (κ2) is 1.64. The van der Waals surface area contributed by atoms with Gasteiger partial charge in [0.05, 0.1) is 0 Å². The van der Waals surface area contributed by atoms with Gasteiger partial charge in [0.2, 0.25) is 0 Å². The van der Waals surface area contributed by atoms with Crippen LogP contribution in [0.3, 0.4) is 0 Å². The second-order valence-corrected chi connectivity index (χ2v) is 4.73. The highest BCUT2D eigenvalue weighted by Gasteiger charge is 2.66. The van der Waals surface area contributed by atoms with Crippen LogP contribution in [0.5, 0.6) is 0 Å². The molecule has 1 heterocycles. The third kappa shape index (κ3) is 0.510. The van der Waals surface area contributed by atoms with Crippen LogP contribution in [0, 0.1) is 11.3 Å². The van der Waals surface area contributed by atoms with Crippen molar-refractivity contribution in [2.75, 3.05) is 13.6 Å². The van der Waals surface area contributed by atoms with E-state index in [-0.39, 0.29) is 0 Å². The molecule has 2 aliphatic carbocycles. The number of hydrogen-bond acceptors (Lipinski definition) is 2. The van der Waals surface area contributed by atoms with Gasteiger partial charge in [-0.15, -0.1) is 0 Å². The second-order valence-electron chi connectivity index (χ2n) is 4.73. The van der Waals surface area contributed by atoms with Gasteiger partial charge >= 0.3 is 0 Å². The Hall–Kier alpha value is -0.0800. The van der Waals surface area contributed by atoms with Gasteiger partial charge in [-0.25, -0.2) is 0 Å². The first kappa shape index (κ1) is 6.44. The number of nitrogens with zero attached hydrogens (tertiary/aromatic N) is 1. The molecule has 0 amide bonds. The van der Waals surface area contributed by atoms with Gasteiger partial charge in [0.1, 0.15) is 0 Å². The summed E-state index contributed by atoms with van der Waals surface area (Å²) in [6, 6.07) is 1.24. The van der Waals surface area contributed by atoms with Crippen molar-refractivity contribution in [1.29, 1.82) is 0 Å². The molecule has 4 atom stereocenters. The van der Waals surface area contributed by atoms with Gasteiger partial charge in [0.25, 0.3) is 0 Å². The molecule has 4 unspecified atom stereocenters. The van der Waals surface area contributed by atoms with E-state index in [0.717, 1.165) is 12.0 Å². The molecular weight excluding hydrogens is 136 g/mol. The van der Waals surface area contributed by atoms with Crippen LogP contribution in [0.25, 0.3) is 0 Å². The minimum Gasteiger partial charge on any atom is -0.326 e. The Labute approximate surface area is 67.7 Å². The fourth-order valence-electron chi connectivity index (χ4n) is 3.86. The number of likely N-dealkylation sites (N-methyl/N-ethyl adjacent to an activating group) is 1. The molecule has 11 heavy (non-hydrogen) atoms. The Kier molecular flexibility index (Phi) is 0.961. The molecule has 0 aromatic carbocycles. The summed E-state index contributed by atoms with van der Waals surface area (Å²) < 4.78 is 0. The van der Waals surface area contributed by atoms with E-state index in [1.54, 1.807) is 0 Å². The summed E-state index contributed by atoms with van der Waals surface area (Å²) in [5.74, 6) is 0.999. The standard InChI is InChI=1S/C9H16N2/c1-11-5-9-3-2-6(9)4-7(10)8(9)11/h6-8H,2-5,10H2,1H3. The van der Waals surface area contributed by atoms with E-state index in [2.05, 4.69) is 11.9 Å². The van der Waals surface area contributed by atoms with Crippen molar-refractivity contribution in [2.24, 2.45) is 17.1 Å². The van der Waals surface area contributed by atoms with E-state index in [0.29, 0.717) is 11.5 Å². The van der Waals surface area contributed by atoms with E-state index >= 15 is 0 Å². The molecule has 2 saturated carbocycles. The monoisotopic (exact) mass is 152 g/mol. The number of nitrogens with two attached hydrogens (primary N) is 1. The van der Waals surface area contributed by atoms with Gasteiger partial charge in [-0.2, -0.15) is 0 Å². The van der Waals surface area contributed by atoms with Crippen molar-refractivity contribution < 1.29 is 0 Å². The van der Waals surface area contributed by atoms with Crippen molar-refractivity contribution >= 4 is 0 Å². The molecule has 3 rings (SSSR count). The molecule has 2 heteroatoms. The lowest BCUT2D eigenvalue weighted by atomic mass is 9.56. The SMILES string of the molecule is CN1CC23CCC2CC(N)C13. The Morgan fingerprint density at radius 1 is 1.55 bits per heavy atom. The maximum Gasteiger partial charge on any atom is 0.0315 e. The first-order valence-electron chi connectivity index (χ1n) is 4.70. The minimum atomic E-state index is 0.487. The van der Waals surface area contributed by atoms with Crippen LogP contribution >= 0.6 is 0 Å². The van der Waals surface area contributed by atoms with Gasteiger partial charge in [-0.1, -0.05) is 0 Å². The first-order chi connectivity index (χ1) is 5.24. The van der Waals surface area contributed by atoms with Crippen LogP contribution in [0.2, 0.25) is 0 Å². The van der Waals surface area contributed by atoms with Gasteiger partial charge in [-0.3, -0.25) is 0 Å². The quantitative estimate of drug-likeness (QED) is 0.545. The summed E-state index contributed by atoms with van der Waals surface area (Å²) in [6.45, 7) is 1.33. The Morgan fingerprint density at radius 3 is 2.82 bits per heavy atom. The molecule has 1 spiro atoms. The number of likely N-dealkylation sites (tertiary alicyclic amines) is 1. The highest BCUT2D eigenvalue weighted by molar-refractivity contribution is 5.20. The third-order valence-electron chi connectivity index (χ3n) is 4.34. The lowest BCUT2D eigenvalue weighted by Crippen LogP contribution is -2.69. The van der Waals surface area contributed by atoms with E-state index in [4.69, 9.17) is 5.73 Å². The summed E-state index contributed by atoms with van der Waals surface area (Å²) >= 11 is 0. The Bertz CT molecular complexity index is 204. The maximum absolute atomic E-state index is 6.08. The lowest BCUT2D eigenvalue weighted by Gasteiger charge is -2.61. The summed E-state index contributed by atoms with van der Waals surface area (Å²) in [6.07, 6.45) is 4.22. The summed E-state index contributed by atoms with van der Waals surface area (Å²) in [5.41, 5.74) is 6.80. The topological polar surface area (TPSA) is 29.3 Å². The average molecular weight is 152 g/mol. The van der Waals surface area contributed by atoms with Crippen LogP contribution in [0.15, 0.2) is 0 Å². The Balaban J connectivity index is 1.93. The van der Waals surface area contributed by atoms with E-state index < -0.39 is 0 Å². The molecular formula is C9H16N2. The molecule has 62 valence electrons.